The van der Waals surface area contributed by atoms with Gasteiger partial charge in [0.1, 0.15) is 5.82 Å². The van der Waals surface area contributed by atoms with Crippen molar-refractivity contribution in [2.45, 2.75) is 38.0 Å². The summed E-state index contributed by atoms with van der Waals surface area (Å²) in [4.78, 5) is 0. The third kappa shape index (κ3) is 3.06. The fourth-order valence-corrected chi connectivity index (χ4v) is 2.51. The maximum absolute atomic E-state index is 13.3. The van der Waals surface area contributed by atoms with Crippen molar-refractivity contribution in [2.24, 2.45) is 0 Å². The lowest BCUT2D eigenvalue weighted by Gasteiger charge is -2.19. The molecule has 1 aromatic carbocycles. The molecule has 18 heavy (non-hydrogen) atoms. The Labute approximate surface area is 107 Å². The van der Waals surface area contributed by atoms with E-state index < -0.39 is 0 Å². The average Bonchev–Trinajstić information content (AvgIpc) is 2.83. The van der Waals surface area contributed by atoms with Crippen molar-refractivity contribution in [2.75, 3.05) is 7.11 Å². The second-order valence-corrected chi connectivity index (χ2v) is 4.65. The molecule has 1 saturated carbocycles. The van der Waals surface area contributed by atoms with Gasteiger partial charge >= 0.3 is 0 Å². The Hall–Kier alpha value is -1.44. The van der Waals surface area contributed by atoms with Gasteiger partial charge in [0.15, 0.2) is 0 Å². The largest absolute Gasteiger partial charge is 0.380 e. The zero-order chi connectivity index (χ0) is 13.0. The van der Waals surface area contributed by atoms with Crippen LogP contribution in [0, 0.1) is 17.1 Å². The van der Waals surface area contributed by atoms with Gasteiger partial charge in [0.25, 0.3) is 0 Å². The molecule has 2 atom stereocenters. The Kier molecular flexibility index (Phi) is 4.29. The highest BCUT2D eigenvalue weighted by atomic mass is 19.1. The normalized spacial score (nSPS) is 22.9. The summed E-state index contributed by atoms with van der Waals surface area (Å²) in [6.07, 6.45) is 3.55. The molecular formula is C14H17FN2O. The highest BCUT2D eigenvalue weighted by Gasteiger charge is 2.26. The smallest absolute Gasteiger partial charge is 0.124 e. The van der Waals surface area contributed by atoms with Crippen LogP contribution in [0.4, 0.5) is 4.39 Å². The van der Waals surface area contributed by atoms with Gasteiger partial charge in [0, 0.05) is 19.7 Å². The van der Waals surface area contributed by atoms with E-state index in [9.17, 15) is 4.39 Å². The Morgan fingerprint density at radius 1 is 1.44 bits per heavy atom. The Morgan fingerprint density at radius 2 is 2.28 bits per heavy atom. The number of rotatable bonds is 4. The van der Waals surface area contributed by atoms with E-state index in [-0.39, 0.29) is 11.9 Å². The number of hydrogen-bond acceptors (Lipinski definition) is 3. The highest BCUT2D eigenvalue weighted by Crippen LogP contribution is 2.22. The molecule has 0 spiro atoms. The van der Waals surface area contributed by atoms with E-state index in [1.807, 2.05) is 6.07 Å². The van der Waals surface area contributed by atoms with Crippen LogP contribution >= 0.6 is 0 Å². The minimum absolute atomic E-state index is 0.244. The van der Waals surface area contributed by atoms with E-state index in [2.05, 4.69) is 5.32 Å². The van der Waals surface area contributed by atoms with E-state index in [1.165, 1.54) is 12.1 Å². The summed E-state index contributed by atoms with van der Waals surface area (Å²) in [7, 11) is 1.72. The van der Waals surface area contributed by atoms with Crippen LogP contribution in [-0.4, -0.2) is 19.3 Å². The van der Waals surface area contributed by atoms with Crippen molar-refractivity contribution in [3.63, 3.8) is 0 Å². The molecule has 0 amide bonds. The first-order valence-corrected chi connectivity index (χ1v) is 6.18. The lowest BCUT2D eigenvalue weighted by molar-refractivity contribution is 0.0847. The second-order valence-electron chi connectivity index (χ2n) is 4.65. The molecule has 4 heteroatoms. The number of nitrogens with zero attached hydrogens (tertiary/aromatic N) is 1. The van der Waals surface area contributed by atoms with Crippen molar-refractivity contribution < 1.29 is 9.13 Å². The number of benzene rings is 1. The number of methoxy groups -OCH3 is 1. The summed E-state index contributed by atoms with van der Waals surface area (Å²) in [6.45, 7) is 0.566. The maximum Gasteiger partial charge on any atom is 0.124 e. The predicted molar refractivity (Wildman–Crippen MR) is 66.4 cm³/mol. The fourth-order valence-electron chi connectivity index (χ4n) is 2.51. The first-order valence-electron chi connectivity index (χ1n) is 6.18. The molecular weight excluding hydrogens is 231 g/mol. The molecule has 0 radical (unpaired) electrons. The first-order chi connectivity index (χ1) is 8.72. The maximum atomic E-state index is 13.3. The molecule has 0 bridgehead atoms. The summed E-state index contributed by atoms with van der Waals surface area (Å²) in [5, 5.41) is 12.2. The minimum atomic E-state index is -0.361. The number of nitriles is 1. The van der Waals surface area contributed by atoms with Crippen LogP contribution in [0.1, 0.15) is 30.4 Å². The summed E-state index contributed by atoms with van der Waals surface area (Å²) >= 11 is 0. The summed E-state index contributed by atoms with van der Waals surface area (Å²) in [5.74, 6) is -0.361. The average molecular weight is 248 g/mol. The van der Waals surface area contributed by atoms with Gasteiger partial charge in [-0.25, -0.2) is 4.39 Å². The fraction of sp³-hybridized carbons (Fsp3) is 0.500. The topological polar surface area (TPSA) is 45.0 Å². The van der Waals surface area contributed by atoms with Crippen molar-refractivity contribution in [3.8, 4) is 6.07 Å². The molecule has 3 nitrogen and oxygen atoms in total. The molecule has 0 aliphatic heterocycles. The molecule has 1 aliphatic carbocycles. The summed E-state index contributed by atoms with van der Waals surface area (Å²) in [5.41, 5.74) is 1.16. The van der Waals surface area contributed by atoms with Crippen molar-refractivity contribution in [3.05, 3.63) is 35.1 Å². The van der Waals surface area contributed by atoms with Gasteiger partial charge in [-0.1, -0.05) is 0 Å². The Morgan fingerprint density at radius 3 is 3.00 bits per heavy atom. The van der Waals surface area contributed by atoms with Crippen LogP contribution in [0.15, 0.2) is 18.2 Å². The number of halogens is 1. The van der Waals surface area contributed by atoms with Gasteiger partial charge in [-0.15, -0.1) is 0 Å². The lowest BCUT2D eigenvalue weighted by atomic mass is 10.1. The molecule has 1 aliphatic rings. The van der Waals surface area contributed by atoms with Gasteiger partial charge in [-0.3, -0.25) is 0 Å². The number of nitrogens with one attached hydrogen (secondary N) is 1. The van der Waals surface area contributed by atoms with Crippen molar-refractivity contribution in [1.82, 2.24) is 5.32 Å². The number of hydrogen-bond donors (Lipinski definition) is 1. The third-order valence-corrected chi connectivity index (χ3v) is 3.41. The Balaban J connectivity index is 1.98. The molecule has 2 rings (SSSR count). The van der Waals surface area contributed by atoms with Crippen LogP contribution in [0.3, 0.4) is 0 Å². The molecule has 1 fully saturated rings. The molecule has 0 heterocycles. The van der Waals surface area contributed by atoms with Crippen LogP contribution in [0.2, 0.25) is 0 Å². The van der Waals surface area contributed by atoms with Gasteiger partial charge in [0.05, 0.1) is 17.7 Å². The van der Waals surface area contributed by atoms with E-state index in [0.29, 0.717) is 18.2 Å². The summed E-state index contributed by atoms with van der Waals surface area (Å²) in [6, 6.07) is 6.71. The summed E-state index contributed by atoms with van der Waals surface area (Å²) < 4.78 is 18.6. The zero-order valence-corrected chi connectivity index (χ0v) is 10.4. The van der Waals surface area contributed by atoms with E-state index in [4.69, 9.17) is 10.00 Å². The zero-order valence-electron chi connectivity index (χ0n) is 10.4. The van der Waals surface area contributed by atoms with Gasteiger partial charge < -0.3 is 10.1 Å². The molecule has 1 aromatic rings. The van der Waals surface area contributed by atoms with Crippen LogP contribution in [0.5, 0.6) is 0 Å². The highest BCUT2D eigenvalue weighted by molar-refractivity contribution is 5.33. The van der Waals surface area contributed by atoms with Gasteiger partial charge in [0.2, 0.25) is 0 Å². The van der Waals surface area contributed by atoms with E-state index >= 15 is 0 Å². The van der Waals surface area contributed by atoms with Gasteiger partial charge in [-0.2, -0.15) is 5.26 Å². The number of ether oxygens (including phenoxy) is 1. The van der Waals surface area contributed by atoms with E-state index in [0.717, 1.165) is 24.8 Å². The standard InChI is InChI=1S/C14H17FN2O/c1-18-14-4-2-3-13(14)17-9-11-5-10(8-16)6-12(15)7-11/h5-7,13-14,17H,2-4,9H2,1H3. The SMILES string of the molecule is COC1CCCC1NCc1cc(F)cc(C#N)c1. The van der Waals surface area contributed by atoms with Crippen molar-refractivity contribution >= 4 is 0 Å². The first kappa shape index (κ1) is 13.0. The monoisotopic (exact) mass is 248 g/mol. The molecule has 0 aromatic heterocycles. The molecule has 96 valence electrons. The predicted octanol–water partition coefficient (Wildman–Crippen LogP) is 2.35. The minimum Gasteiger partial charge on any atom is -0.380 e. The van der Waals surface area contributed by atoms with Gasteiger partial charge in [-0.05, 0) is 43.0 Å². The lowest BCUT2D eigenvalue weighted by Crippen LogP contribution is -2.36. The van der Waals surface area contributed by atoms with Crippen LogP contribution < -0.4 is 5.32 Å². The Bertz CT molecular complexity index is 456. The second kappa shape index (κ2) is 5.94. The molecule has 2 unspecified atom stereocenters. The molecule has 0 saturated heterocycles. The third-order valence-electron chi connectivity index (χ3n) is 3.41. The van der Waals surface area contributed by atoms with Crippen molar-refractivity contribution in [1.29, 1.82) is 5.26 Å². The van der Waals surface area contributed by atoms with E-state index in [1.54, 1.807) is 13.2 Å². The van der Waals surface area contributed by atoms with Crippen LogP contribution in [-0.2, 0) is 11.3 Å². The quantitative estimate of drug-likeness (QED) is 0.889. The molecule has 1 N–H and O–H groups in total. The van der Waals surface area contributed by atoms with Crippen LogP contribution in [0.25, 0.3) is 0 Å².